The molecule has 0 bridgehead atoms. The van der Waals surface area contributed by atoms with E-state index in [-0.39, 0.29) is 11.3 Å². The molecule has 8 heteroatoms. The Morgan fingerprint density at radius 2 is 2.06 bits per heavy atom. The largest absolute Gasteiger partial charge is 0.433 e. The van der Waals surface area contributed by atoms with Gasteiger partial charge in [0.2, 0.25) is 0 Å². The number of carbonyl (C=O) groups excluding carboxylic acids is 1. The zero-order chi connectivity index (χ0) is 13.2. The van der Waals surface area contributed by atoms with E-state index >= 15 is 0 Å². The van der Waals surface area contributed by atoms with Crippen LogP contribution in [0.3, 0.4) is 0 Å². The second-order valence-electron chi connectivity index (χ2n) is 3.37. The number of anilines is 1. The maximum Gasteiger partial charge on any atom is 0.433 e. The summed E-state index contributed by atoms with van der Waals surface area (Å²) in [5.41, 5.74) is -0.562. The molecule has 0 fully saturated rings. The number of nitrogens with one attached hydrogen (secondary N) is 2. The normalized spacial score (nSPS) is 11.3. The minimum atomic E-state index is -4.49. The van der Waals surface area contributed by atoms with Crippen molar-refractivity contribution in [2.45, 2.75) is 6.18 Å². The fourth-order valence-corrected chi connectivity index (χ4v) is 1.21. The highest BCUT2D eigenvalue weighted by Gasteiger charge is 2.32. The van der Waals surface area contributed by atoms with Gasteiger partial charge in [0.25, 0.3) is 5.91 Å². The fraction of sp³-hybridized carbons (Fsp3) is 0.100. The molecule has 0 atom stereocenters. The van der Waals surface area contributed by atoms with Gasteiger partial charge in [-0.15, -0.1) is 0 Å². The molecule has 0 aromatic carbocycles. The second kappa shape index (κ2) is 4.47. The topological polar surface area (TPSA) is 70.7 Å². The molecular formula is C10H7F3N4O. The average Bonchev–Trinajstić information content (AvgIpc) is 2.82. The summed E-state index contributed by atoms with van der Waals surface area (Å²) in [6.07, 6.45) is -0.881. The number of alkyl halides is 3. The number of hydrogen-bond donors (Lipinski definition) is 2. The molecule has 0 aliphatic heterocycles. The summed E-state index contributed by atoms with van der Waals surface area (Å²) in [5.74, 6) is -0.481. The van der Waals surface area contributed by atoms with E-state index in [0.29, 0.717) is 0 Å². The number of nitrogens with zero attached hydrogens (tertiary/aromatic N) is 2. The average molecular weight is 256 g/mol. The Morgan fingerprint density at radius 1 is 1.28 bits per heavy atom. The number of rotatable bonds is 2. The molecule has 1 amide bonds. The molecule has 2 heterocycles. The Kier molecular flexibility index (Phi) is 3.00. The molecule has 0 saturated heterocycles. The Labute approximate surface area is 99.0 Å². The highest BCUT2D eigenvalue weighted by Crippen LogP contribution is 2.27. The summed E-state index contributed by atoms with van der Waals surface area (Å²) in [5, 5.41) is 8.43. The molecule has 2 rings (SSSR count). The van der Waals surface area contributed by atoms with E-state index in [9.17, 15) is 18.0 Å². The number of pyridine rings is 1. The molecule has 0 unspecified atom stereocenters. The van der Waals surface area contributed by atoms with Crippen LogP contribution < -0.4 is 5.32 Å². The van der Waals surface area contributed by atoms with E-state index < -0.39 is 17.8 Å². The summed E-state index contributed by atoms with van der Waals surface area (Å²) >= 11 is 0. The molecule has 0 radical (unpaired) electrons. The molecule has 2 aromatic rings. The van der Waals surface area contributed by atoms with Gasteiger partial charge in [0.15, 0.2) is 0 Å². The number of aromatic nitrogens is 3. The first-order valence-corrected chi connectivity index (χ1v) is 4.80. The molecule has 5 nitrogen and oxygen atoms in total. The number of carbonyl (C=O) groups is 1. The third-order valence-corrected chi connectivity index (χ3v) is 2.07. The van der Waals surface area contributed by atoms with Crippen LogP contribution in [0.5, 0.6) is 0 Å². The highest BCUT2D eigenvalue weighted by atomic mass is 19.4. The highest BCUT2D eigenvalue weighted by molar-refractivity contribution is 6.03. The van der Waals surface area contributed by atoms with Crippen LogP contribution in [0.2, 0.25) is 0 Å². The fourth-order valence-electron chi connectivity index (χ4n) is 1.21. The van der Waals surface area contributed by atoms with E-state index in [1.54, 1.807) is 0 Å². The van der Waals surface area contributed by atoms with Crippen LogP contribution >= 0.6 is 0 Å². The standard InChI is InChI=1S/C10H7F3N4O/c11-10(12,13)8-2-1-7(5-14-8)17-9(18)6-3-15-16-4-6/h1-5H,(H,15,16)(H,17,18). The zero-order valence-electron chi connectivity index (χ0n) is 8.82. The van der Waals surface area contributed by atoms with Crippen LogP contribution in [0.15, 0.2) is 30.7 Å². The lowest BCUT2D eigenvalue weighted by Gasteiger charge is -2.07. The first-order valence-electron chi connectivity index (χ1n) is 4.80. The Hall–Kier alpha value is -2.38. The maximum absolute atomic E-state index is 12.2. The molecule has 18 heavy (non-hydrogen) atoms. The van der Waals surface area contributed by atoms with Crippen molar-refractivity contribution in [2.24, 2.45) is 0 Å². The molecule has 2 aromatic heterocycles. The predicted octanol–water partition coefficient (Wildman–Crippen LogP) is 2.08. The first-order chi connectivity index (χ1) is 8.47. The summed E-state index contributed by atoms with van der Waals surface area (Å²) < 4.78 is 36.7. The smallest absolute Gasteiger partial charge is 0.320 e. The van der Waals surface area contributed by atoms with Crippen LogP contribution in [0.25, 0.3) is 0 Å². The van der Waals surface area contributed by atoms with E-state index in [4.69, 9.17) is 0 Å². The first kappa shape index (κ1) is 12.1. The summed E-state index contributed by atoms with van der Waals surface area (Å²) in [4.78, 5) is 14.8. The van der Waals surface area contributed by atoms with Crippen molar-refractivity contribution in [3.8, 4) is 0 Å². The minimum Gasteiger partial charge on any atom is -0.320 e. The molecular weight excluding hydrogens is 249 g/mol. The SMILES string of the molecule is O=C(Nc1ccc(C(F)(F)F)nc1)c1cn[nH]c1. The van der Waals surface area contributed by atoms with Gasteiger partial charge in [-0.25, -0.2) is 4.98 Å². The lowest BCUT2D eigenvalue weighted by atomic mass is 10.3. The van der Waals surface area contributed by atoms with Gasteiger partial charge in [-0.2, -0.15) is 18.3 Å². The number of aromatic amines is 1. The van der Waals surface area contributed by atoms with Gasteiger partial charge >= 0.3 is 6.18 Å². The third-order valence-electron chi connectivity index (χ3n) is 2.07. The quantitative estimate of drug-likeness (QED) is 0.864. The van der Waals surface area contributed by atoms with Crippen molar-refractivity contribution in [1.82, 2.24) is 15.2 Å². The number of hydrogen-bond acceptors (Lipinski definition) is 3. The van der Waals surface area contributed by atoms with E-state index in [1.165, 1.54) is 12.4 Å². The number of halogens is 3. The summed E-state index contributed by atoms with van der Waals surface area (Å²) in [7, 11) is 0. The van der Waals surface area contributed by atoms with Crippen molar-refractivity contribution in [3.63, 3.8) is 0 Å². The maximum atomic E-state index is 12.2. The number of amides is 1. The van der Waals surface area contributed by atoms with Gasteiger partial charge in [-0.05, 0) is 12.1 Å². The van der Waals surface area contributed by atoms with E-state index in [0.717, 1.165) is 18.3 Å². The third kappa shape index (κ3) is 2.65. The predicted molar refractivity (Wildman–Crippen MR) is 55.8 cm³/mol. The number of H-pyrrole nitrogens is 1. The Bertz CT molecular complexity index is 533. The van der Waals surface area contributed by atoms with Gasteiger partial charge in [0, 0.05) is 6.20 Å². The van der Waals surface area contributed by atoms with Crippen LogP contribution in [0, 0.1) is 0 Å². The van der Waals surface area contributed by atoms with Gasteiger partial charge in [0.1, 0.15) is 5.69 Å². The Morgan fingerprint density at radius 3 is 2.56 bits per heavy atom. The van der Waals surface area contributed by atoms with E-state index in [2.05, 4.69) is 20.5 Å². The lowest BCUT2D eigenvalue weighted by Crippen LogP contribution is -2.12. The van der Waals surface area contributed by atoms with Crippen molar-refractivity contribution in [3.05, 3.63) is 42.0 Å². The second-order valence-corrected chi connectivity index (χ2v) is 3.37. The molecule has 2 N–H and O–H groups in total. The molecule has 0 aliphatic carbocycles. The molecule has 0 spiro atoms. The van der Waals surface area contributed by atoms with Crippen molar-refractivity contribution >= 4 is 11.6 Å². The van der Waals surface area contributed by atoms with Crippen molar-refractivity contribution in [1.29, 1.82) is 0 Å². The van der Waals surface area contributed by atoms with E-state index in [1.807, 2.05) is 0 Å². The van der Waals surface area contributed by atoms with Crippen molar-refractivity contribution < 1.29 is 18.0 Å². The van der Waals surface area contributed by atoms with Crippen LogP contribution in [-0.2, 0) is 6.18 Å². The van der Waals surface area contributed by atoms with Gasteiger partial charge in [0.05, 0.1) is 23.6 Å². The summed E-state index contributed by atoms with van der Waals surface area (Å²) in [6.45, 7) is 0. The molecule has 0 saturated carbocycles. The van der Waals surface area contributed by atoms with Crippen molar-refractivity contribution in [2.75, 3.05) is 5.32 Å². The van der Waals surface area contributed by atoms with Gasteiger partial charge in [-0.3, -0.25) is 9.89 Å². The van der Waals surface area contributed by atoms with Gasteiger partial charge < -0.3 is 5.32 Å². The monoisotopic (exact) mass is 256 g/mol. The lowest BCUT2D eigenvalue weighted by molar-refractivity contribution is -0.141. The Balaban J connectivity index is 2.09. The molecule has 94 valence electrons. The van der Waals surface area contributed by atoms with Crippen LogP contribution in [0.1, 0.15) is 16.1 Å². The van der Waals surface area contributed by atoms with Gasteiger partial charge in [-0.1, -0.05) is 0 Å². The zero-order valence-corrected chi connectivity index (χ0v) is 8.82. The molecule has 0 aliphatic rings. The summed E-state index contributed by atoms with van der Waals surface area (Å²) in [6, 6.07) is 1.93. The van der Waals surface area contributed by atoms with Crippen LogP contribution in [-0.4, -0.2) is 21.1 Å². The van der Waals surface area contributed by atoms with Crippen LogP contribution in [0.4, 0.5) is 18.9 Å². The minimum absolute atomic E-state index is 0.175.